The number of aliphatic hydroxyl groups is 1. The van der Waals surface area contributed by atoms with Gasteiger partial charge in [0, 0.05) is 0 Å². The molecule has 170 valence electrons. The van der Waals surface area contributed by atoms with Gasteiger partial charge in [0.1, 0.15) is 18.3 Å². The molecule has 0 bridgehead atoms. The molecule has 0 amide bonds. The Morgan fingerprint density at radius 2 is 1.32 bits per heavy atom. The summed E-state index contributed by atoms with van der Waals surface area (Å²) in [6.07, 6.45) is -2.47. The number of rotatable bonds is 9. The predicted molar refractivity (Wildman–Crippen MR) is 124 cm³/mol. The second-order valence-corrected chi connectivity index (χ2v) is 14.5. The van der Waals surface area contributed by atoms with Gasteiger partial charge < -0.3 is 23.7 Å². The van der Waals surface area contributed by atoms with Crippen molar-refractivity contribution in [2.75, 3.05) is 6.61 Å². The van der Waals surface area contributed by atoms with Crippen LogP contribution in [0.5, 0.6) is 0 Å². The molecular weight excluding hydrogens is 408 g/mol. The number of aliphatic hydroxyl groups excluding tert-OH is 1. The Morgan fingerprint density at radius 1 is 0.839 bits per heavy atom. The SMILES string of the molecule is CC(C)(C)[Si](C)(C)OC[C@H]1OC(O)C(OCc2ccccc2)[C@@H]1OCc1ccccc1. The van der Waals surface area contributed by atoms with Gasteiger partial charge in [0.2, 0.25) is 0 Å². The lowest BCUT2D eigenvalue weighted by molar-refractivity contribution is -0.151. The summed E-state index contributed by atoms with van der Waals surface area (Å²) in [6, 6.07) is 19.9. The lowest BCUT2D eigenvalue weighted by Crippen LogP contribution is -2.45. The molecule has 0 radical (unpaired) electrons. The Morgan fingerprint density at radius 3 is 1.81 bits per heavy atom. The van der Waals surface area contributed by atoms with E-state index in [-0.39, 0.29) is 5.04 Å². The fourth-order valence-electron chi connectivity index (χ4n) is 3.26. The normalized spacial score (nSPS) is 24.5. The molecule has 0 aliphatic carbocycles. The van der Waals surface area contributed by atoms with Gasteiger partial charge in [0.05, 0.1) is 19.8 Å². The van der Waals surface area contributed by atoms with E-state index in [4.69, 9.17) is 18.6 Å². The quantitative estimate of drug-likeness (QED) is 0.558. The summed E-state index contributed by atoms with van der Waals surface area (Å²) >= 11 is 0. The van der Waals surface area contributed by atoms with Gasteiger partial charge in [-0.3, -0.25) is 0 Å². The third kappa shape index (κ3) is 6.48. The van der Waals surface area contributed by atoms with Crippen molar-refractivity contribution in [3.8, 4) is 0 Å². The van der Waals surface area contributed by atoms with Gasteiger partial charge in [-0.1, -0.05) is 81.4 Å². The zero-order valence-electron chi connectivity index (χ0n) is 19.3. The van der Waals surface area contributed by atoms with E-state index in [1.165, 1.54) is 0 Å². The van der Waals surface area contributed by atoms with E-state index in [0.717, 1.165) is 11.1 Å². The van der Waals surface area contributed by atoms with E-state index >= 15 is 0 Å². The van der Waals surface area contributed by atoms with Crippen molar-refractivity contribution in [3.05, 3.63) is 71.8 Å². The first-order valence-electron chi connectivity index (χ1n) is 11.0. The molecule has 4 atom stereocenters. The van der Waals surface area contributed by atoms with Crippen molar-refractivity contribution in [1.82, 2.24) is 0 Å². The molecular formula is C25H36O5Si. The summed E-state index contributed by atoms with van der Waals surface area (Å²) < 4.78 is 24.6. The zero-order valence-corrected chi connectivity index (χ0v) is 20.3. The van der Waals surface area contributed by atoms with Crippen molar-refractivity contribution in [1.29, 1.82) is 0 Å². The van der Waals surface area contributed by atoms with Crippen molar-refractivity contribution in [2.24, 2.45) is 0 Å². The van der Waals surface area contributed by atoms with Crippen LogP contribution in [-0.2, 0) is 31.9 Å². The second-order valence-electron chi connectivity index (χ2n) is 9.66. The van der Waals surface area contributed by atoms with Gasteiger partial charge in [0.25, 0.3) is 0 Å². The molecule has 2 aromatic rings. The monoisotopic (exact) mass is 444 g/mol. The van der Waals surface area contributed by atoms with E-state index in [9.17, 15) is 5.11 Å². The average molecular weight is 445 g/mol. The molecule has 6 heteroatoms. The van der Waals surface area contributed by atoms with Gasteiger partial charge >= 0.3 is 0 Å². The minimum absolute atomic E-state index is 0.0911. The Hall–Kier alpha value is -1.54. The first kappa shape index (κ1) is 24.1. The molecule has 1 aliphatic rings. The fraction of sp³-hybridized carbons (Fsp3) is 0.520. The smallest absolute Gasteiger partial charge is 0.192 e. The molecule has 1 heterocycles. The maximum absolute atomic E-state index is 10.6. The predicted octanol–water partition coefficient (Wildman–Crippen LogP) is 4.90. The molecule has 0 saturated carbocycles. The van der Waals surface area contributed by atoms with Crippen molar-refractivity contribution >= 4 is 8.32 Å². The first-order valence-corrected chi connectivity index (χ1v) is 13.9. The first-order chi connectivity index (χ1) is 14.7. The zero-order chi connectivity index (χ0) is 22.5. The Balaban J connectivity index is 1.70. The highest BCUT2D eigenvalue weighted by Gasteiger charge is 2.47. The van der Waals surface area contributed by atoms with Crippen LogP contribution < -0.4 is 0 Å². The molecule has 2 unspecified atom stereocenters. The van der Waals surface area contributed by atoms with E-state index in [2.05, 4.69) is 33.9 Å². The molecule has 5 nitrogen and oxygen atoms in total. The number of benzene rings is 2. The molecule has 31 heavy (non-hydrogen) atoms. The second kappa shape index (κ2) is 10.4. The van der Waals surface area contributed by atoms with Crippen LogP contribution in [0, 0.1) is 0 Å². The van der Waals surface area contributed by atoms with Crippen molar-refractivity contribution in [2.45, 2.75) is 76.7 Å². The molecule has 1 N–H and O–H groups in total. The summed E-state index contributed by atoms with van der Waals surface area (Å²) in [6.45, 7) is 12.2. The maximum Gasteiger partial charge on any atom is 0.192 e. The van der Waals surface area contributed by atoms with Gasteiger partial charge in [-0.2, -0.15) is 0 Å². The maximum atomic E-state index is 10.6. The molecule has 1 saturated heterocycles. The van der Waals surface area contributed by atoms with Crippen LogP contribution in [0.3, 0.4) is 0 Å². The van der Waals surface area contributed by atoms with Gasteiger partial charge in [-0.05, 0) is 29.3 Å². The Bertz CT molecular complexity index is 791. The summed E-state index contributed by atoms with van der Waals surface area (Å²) in [7, 11) is -1.96. The topological polar surface area (TPSA) is 57.2 Å². The van der Waals surface area contributed by atoms with Crippen LogP contribution in [0.15, 0.2) is 60.7 Å². The fourth-order valence-corrected chi connectivity index (χ4v) is 4.28. The van der Waals surface area contributed by atoms with E-state index in [1.807, 2.05) is 60.7 Å². The minimum atomic E-state index is -1.96. The number of hydrogen-bond donors (Lipinski definition) is 1. The number of ether oxygens (including phenoxy) is 3. The van der Waals surface area contributed by atoms with Crippen molar-refractivity contribution in [3.63, 3.8) is 0 Å². The minimum Gasteiger partial charge on any atom is -0.414 e. The average Bonchev–Trinajstić information content (AvgIpc) is 3.04. The Labute approximate surface area is 187 Å². The van der Waals surface area contributed by atoms with Gasteiger partial charge in [-0.25, -0.2) is 0 Å². The van der Waals surface area contributed by atoms with Crippen LogP contribution in [0.1, 0.15) is 31.9 Å². The van der Waals surface area contributed by atoms with Crippen molar-refractivity contribution < 1.29 is 23.7 Å². The van der Waals surface area contributed by atoms with Crippen LogP contribution in [-0.4, -0.2) is 44.6 Å². The van der Waals surface area contributed by atoms with E-state index in [0.29, 0.717) is 19.8 Å². The summed E-state index contributed by atoms with van der Waals surface area (Å²) in [5.41, 5.74) is 2.10. The summed E-state index contributed by atoms with van der Waals surface area (Å²) in [5, 5.41) is 10.7. The van der Waals surface area contributed by atoms with Crippen LogP contribution in [0.25, 0.3) is 0 Å². The lowest BCUT2D eigenvalue weighted by atomic mass is 10.1. The Kier molecular flexibility index (Phi) is 8.07. The van der Waals surface area contributed by atoms with Crippen LogP contribution >= 0.6 is 0 Å². The largest absolute Gasteiger partial charge is 0.414 e. The van der Waals surface area contributed by atoms with Gasteiger partial charge in [-0.15, -0.1) is 0 Å². The summed E-state index contributed by atoms with van der Waals surface area (Å²) in [4.78, 5) is 0. The highest BCUT2D eigenvalue weighted by atomic mass is 28.4. The molecule has 2 aromatic carbocycles. The molecule has 1 aliphatic heterocycles. The summed E-state index contributed by atoms with van der Waals surface area (Å²) in [5.74, 6) is 0. The highest BCUT2D eigenvalue weighted by Crippen LogP contribution is 2.37. The third-order valence-corrected chi connectivity index (χ3v) is 10.8. The highest BCUT2D eigenvalue weighted by molar-refractivity contribution is 6.74. The molecule has 0 aromatic heterocycles. The van der Waals surface area contributed by atoms with E-state index in [1.54, 1.807) is 0 Å². The van der Waals surface area contributed by atoms with Crippen LogP contribution in [0.2, 0.25) is 18.1 Å². The molecule has 3 rings (SSSR count). The van der Waals surface area contributed by atoms with Crippen LogP contribution in [0.4, 0.5) is 0 Å². The third-order valence-electron chi connectivity index (χ3n) is 6.27. The lowest BCUT2D eigenvalue weighted by Gasteiger charge is -2.37. The molecule has 0 spiro atoms. The van der Waals surface area contributed by atoms with E-state index < -0.39 is 32.9 Å². The molecule has 1 fully saturated rings. The number of hydrogen-bond acceptors (Lipinski definition) is 5. The standard InChI is InChI=1S/C25H36O5Si/c1-25(2,3)31(4,5)29-18-21-22(27-16-19-12-8-6-9-13-19)23(24(26)30-21)28-17-20-14-10-7-11-15-20/h6-15,21-24,26H,16-18H2,1-5H3/t21-,22-,23?,24?/m1/s1. The van der Waals surface area contributed by atoms with Gasteiger partial charge in [0.15, 0.2) is 14.6 Å².